The number of rotatable bonds is 3. The maximum Gasteiger partial charge on any atom is 0.108 e. The van der Waals surface area contributed by atoms with Crippen LogP contribution in [0, 0.1) is 0 Å². The van der Waals surface area contributed by atoms with E-state index >= 15 is 0 Å². The molecule has 1 atom stereocenters. The molecule has 1 heterocycles. The maximum atomic E-state index is 5.97. The van der Waals surface area contributed by atoms with Gasteiger partial charge in [-0.05, 0) is 19.3 Å². The molecule has 14 heavy (non-hydrogen) atoms. The summed E-state index contributed by atoms with van der Waals surface area (Å²) in [6.07, 6.45) is 4.15. The second-order valence-electron chi connectivity index (χ2n) is 3.79. The zero-order valence-electron chi connectivity index (χ0n) is 8.55. The molecule has 0 aromatic carbocycles. The molecule has 4 heteroatoms. The van der Waals surface area contributed by atoms with Gasteiger partial charge in [0, 0.05) is 25.3 Å². The monoisotopic (exact) mass is 195 g/mol. The van der Waals surface area contributed by atoms with E-state index in [0.29, 0.717) is 6.61 Å². The molecule has 0 aliphatic heterocycles. The number of nitrogens with two attached hydrogens (primary N) is 1. The number of hydrogen-bond acceptors (Lipinski definition) is 3. The third-order valence-electron chi connectivity index (χ3n) is 2.70. The Bertz CT molecular complexity index is 308. The predicted octanol–water partition coefficient (Wildman–Crippen LogP) is 0.935. The van der Waals surface area contributed by atoms with Crippen molar-refractivity contribution >= 4 is 0 Å². The summed E-state index contributed by atoms with van der Waals surface area (Å²) in [5.74, 6) is 1.01. The lowest BCUT2D eigenvalue weighted by atomic mass is 9.97. The van der Waals surface area contributed by atoms with E-state index in [4.69, 9.17) is 10.5 Å². The van der Waals surface area contributed by atoms with E-state index in [9.17, 15) is 0 Å². The predicted molar refractivity (Wildman–Crippen MR) is 54.0 cm³/mol. The van der Waals surface area contributed by atoms with Gasteiger partial charge in [-0.1, -0.05) is 0 Å². The number of aromatic amines is 1. The SMILES string of the molecule is COCCc1nc2c([nH]1)CCCC2N. The number of nitrogens with zero attached hydrogens (tertiary/aromatic N) is 1. The molecule has 4 nitrogen and oxygen atoms in total. The van der Waals surface area contributed by atoms with Crippen LogP contribution in [0.5, 0.6) is 0 Å². The number of fused-ring (bicyclic) bond motifs is 1. The Labute approximate surface area is 83.9 Å². The average molecular weight is 195 g/mol. The van der Waals surface area contributed by atoms with Gasteiger partial charge in [-0.25, -0.2) is 4.98 Å². The van der Waals surface area contributed by atoms with Crippen LogP contribution >= 0.6 is 0 Å². The first-order chi connectivity index (χ1) is 6.81. The largest absolute Gasteiger partial charge is 0.384 e. The van der Waals surface area contributed by atoms with Crippen molar-refractivity contribution in [2.75, 3.05) is 13.7 Å². The number of hydrogen-bond donors (Lipinski definition) is 2. The fourth-order valence-electron chi connectivity index (χ4n) is 1.93. The van der Waals surface area contributed by atoms with Crippen molar-refractivity contribution in [1.82, 2.24) is 9.97 Å². The molecule has 3 N–H and O–H groups in total. The van der Waals surface area contributed by atoms with Crippen LogP contribution in [0.4, 0.5) is 0 Å². The van der Waals surface area contributed by atoms with Gasteiger partial charge in [-0.3, -0.25) is 0 Å². The number of H-pyrrole nitrogens is 1. The second kappa shape index (κ2) is 4.11. The third kappa shape index (κ3) is 1.81. The molecule has 0 bridgehead atoms. The van der Waals surface area contributed by atoms with Crippen molar-refractivity contribution in [2.24, 2.45) is 5.73 Å². The highest BCUT2D eigenvalue weighted by molar-refractivity contribution is 5.21. The Morgan fingerprint density at radius 1 is 1.64 bits per heavy atom. The minimum atomic E-state index is 0.131. The summed E-state index contributed by atoms with van der Waals surface area (Å²) in [5, 5.41) is 0. The number of methoxy groups -OCH3 is 1. The molecular weight excluding hydrogens is 178 g/mol. The molecular formula is C10H17N3O. The van der Waals surface area contributed by atoms with Crippen LogP contribution in [0.2, 0.25) is 0 Å². The van der Waals surface area contributed by atoms with Gasteiger partial charge in [0.15, 0.2) is 0 Å². The van der Waals surface area contributed by atoms with Crippen molar-refractivity contribution in [3.63, 3.8) is 0 Å². The molecule has 1 aliphatic carbocycles. The highest BCUT2D eigenvalue weighted by Crippen LogP contribution is 2.25. The van der Waals surface area contributed by atoms with Crippen LogP contribution in [0.1, 0.15) is 36.1 Å². The lowest BCUT2D eigenvalue weighted by Gasteiger charge is -2.15. The topological polar surface area (TPSA) is 63.9 Å². The van der Waals surface area contributed by atoms with Crippen LogP contribution in [0.15, 0.2) is 0 Å². The number of imidazole rings is 1. The van der Waals surface area contributed by atoms with E-state index in [1.54, 1.807) is 7.11 Å². The van der Waals surface area contributed by atoms with Crippen molar-refractivity contribution in [2.45, 2.75) is 31.7 Å². The van der Waals surface area contributed by atoms with Crippen LogP contribution in [-0.4, -0.2) is 23.7 Å². The van der Waals surface area contributed by atoms with Crippen molar-refractivity contribution in [3.8, 4) is 0 Å². The van der Waals surface area contributed by atoms with E-state index in [1.807, 2.05) is 0 Å². The van der Waals surface area contributed by atoms with E-state index < -0.39 is 0 Å². The van der Waals surface area contributed by atoms with Gasteiger partial charge in [-0.15, -0.1) is 0 Å². The lowest BCUT2D eigenvalue weighted by Crippen LogP contribution is -2.17. The Morgan fingerprint density at radius 2 is 2.50 bits per heavy atom. The first kappa shape index (κ1) is 9.68. The average Bonchev–Trinajstić information content (AvgIpc) is 2.59. The Kier molecular flexibility index (Phi) is 2.84. The van der Waals surface area contributed by atoms with Gasteiger partial charge in [0.25, 0.3) is 0 Å². The normalized spacial score (nSPS) is 20.9. The van der Waals surface area contributed by atoms with Gasteiger partial charge in [0.2, 0.25) is 0 Å². The molecule has 0 saturated carbocycles. The highest BCUT2D eigenvalue weighted by atomic mass is 16.5. The molecule has 1 aliphatic rings. The van der Waals surface area contributed by atoms with Gasteiger partial charge in [0.05, 0.1) is 12.3 Å². The van der Waals surface area contributed by atoms with Crippen LogP contribution in [-0.2, 0) is 17.6 Å². The first-order valence-electron chi connectivity index (χ1n) is 5.13. The first-order valence-corrected chi connectivity index (χ1v) is 5.13. The van der Waals surface area contributed by atoms with Crippen molar-refractivity contribution in [1.29, 1.82) is 0 Å². The van der Waals surface area contributed by atoms with Gasteiger partial charge in [0.1, 0.15) is 5.82 Å². The second-order valence-corrected chi connectivity index (χ2v) is 3.79. The summed E-state index contributed by atoms with van der Waals surface area (Å²) in [6, 6.07) is 0.131. The molecule has 1 aromatic heterocycles. The number of aromatic nitrogens is 2. The molecule has 0 saturated heterocycles. The summed E-state index contributed by atoms with van der Waals surface area (Å²) in [5.41, 5.74) is 8.28. The van der Waals surface area contributed by atoms with E-state index in [2.05, 4.69) is 9.97 Å². The molecule has 2 rings (SSSR count). The number of ether oxygens (including phenoxy) is 1. The minimum Gasteiger partial charge on any atom is -0.384 e. The Balaban J connectivity index is 2.13. The standard InChI is InChI=1S/C10H17N3O/c1-14-6-5-9-12-8-4-2-3-7(11)10(8)13-9/h7H,2-6,11H2,1H3,(H,12,13). The molecule has 0 radical (unpaired) electrons. The summed E-state index contributed by atoms with van der Waals surface area (Å²) in [4.78, 5) is 7.84. The van der Waals surface area contributed by atoms with Crippen molar-refractivity contribution in [3.05, 3.63) is 17.2 Å². The van der Waals surface area contributed by atoms with Crippen LogP contribution in [0.25, 0.3) is 0 Å². The minimum absolute atomic E-state index is 0.131. The summed E-state index contributed by atoms with van der Waals surface area (Å²) < 4.78 is 5.01. The molecule has 0 spiro atoms. The zero-order chi connectivity index (χ0) is 9.97. The van der Waals surface area contributed by atoms with Gasteiger partial charge in [-0.2, -0.15) is 0 Å². The van der Waals surface area contributed by atoms with E-state index in [1.165, 1.54) is 12.1 Å². The highest BCUT2D eigenvalue weighted by Gasteiger charge is 2.20. The zero-order valence-corrected chi connectivity index (χ0v) is 8.55. The van der Waals surface area contributed by atoms with E-state index in [-0.39, 0.29) is 6.04 Å². The van der Waals surface area contributed by atoms with E-state index in [0.717, 1.165) is 30.8 Å². The number of aryl methyl sites for hydroxylation is 1. The molecule has 78 valence electrons. The quantitative estimate of drug-likeness (QED) is 0.754. The third-order valence-corrected chi connectivity index (χ3v) is 2.70. The fourth-order valence-corrected chi connectivity index (χ4v) is 1.93. The summed E-state index contributed by atoms with van der Waals surface area (Å²) in [7, 11) is 1.70. The van der Waals surface area contributed by atoms with Gasteiger partial charge >= 0.3 is 0 Å². The molecule has 1 aromatic rings. The Hall–Kier alpha value is -0.870. The molecule has 0 fully saturated rings. The lowest BCUT2D eigenvalue weighted by molar-refractivity contribution is 0.200. The summed E-state index contributed by atoms with van der Waals surface area (Å²) in [6.45, 7) is 0.710. The van der Waals surface area contributed by atoms with Crippen LogP contribution < -0.4 is 5.73 Å². The molecule has 0 amide bonds. The smallest absolute Gasteiger partial charge is 0.108 e. The molecule has 1 unspecified atom stereocenters. The maximum absolute atomic E-state index is 5.97. The Morgan fingerprint density at radius 3 is 3.21 bits per heavy atom. The number of nitrogens with one attached hydrogen (secondary N) is 1. The van der Waals surface area contributed by atoms with Gasteiger partial charge < -0.3 is 15.5 Å². The summed E-state index contributed by atoms with van der Waals surface area (Å²) >= 11 is 0. The van der Waals surface area contributed by atoms with Crippen LogP contribution in [0.3, 0.4) is 0 Å². The van der Waals surface area contributed by atoms with Crippen molar-refractivity contribution < 1.29 is 4.74 Å². The fraction of sp³-hybridized carbons (Fsp3) is 0.700.